The molecule has 2 N–H and O–H groups in total. The van der Waals surface area contributed by atoms with Crippen molar-refractivity contribution in [3.05, 3.63) is 53.9 Å². The van der Waals surface area contributed by atoms with Crippen LogP contribution in [-0.2, 0) is 4.74 Å². The molecule has 0 spiro atoms. The molecule has 0 fully saturated rings. The quantitative estimate of drug-likeness (QED) is 0.832. The van der Waals surface area contributed by atoms with Gasteiger partial charge in [0.05, 0.1) is 18.4 Å². The van der Waals surface area contributed by atoms with E-state index in [-0.39, 0.29) is 22.7 Å². The summed E-state index contributed by atoms with van der Waals surface area (Å²) in [5, 5.41) is 12.1. The zero-order chi connectivity index (χ0) is 14.5. The molecule has 0 radical (unpaired) electrons. The third-order valence-electron chi connectivity index (χ3n) is 2.58. The van der Waals surface area contributed by atoms with E-state index in [1.54, 1.807) is 18.2 Å². The summed E-state index contributed by atoms with van der Waals surface area (Å²) >= 11 is 0. The number of anilines is 1. The minimum atomic E-state index is -0.612. The summed E-state index contributed by atoms with van der Waals surface area (Å²) in [7, 11) is 1.26. The maximum absolute atomic E-state index is 12.0. The number of pyridine rings is 1. The lowest BCUT2D eigenvalue weighted by Crippen LogP contribution is -2.16. The number of aromatic hydroxyl groups is 1. The number of amides is 1. The number of hydrogen-bond donors (Lipinski definition) is 2. The van der Waals surface area contributed by atoms with Gasteiger partial charge in [0.15, 0.2) is 5.69 Å². The Balaban J connectivity index is 2.29. The monoisotopic (exact) mass is 272 g/mol. The maximum Gasteiger partial charge on any atom is 0.339 e. The highest BCUT2D eigenvalue weighted by Crippen LogP contribution is 2.19. The van der Waals surface area contributed by atoms with Gasteiger partial charge in [-0.3, -0.25) is 4.79 Å². The molecule has 1 heterocycles. The number of nitrogens with one attached hydrogen (secondary N) is 1. The summed E-state index contributed by atoms with van der Waals surface area (Å²) in [6.07, 6.45) is 1.39. The first-order valence-corrected chi connectivity index (χ1v) is 5.76. The van der Waals surface area contributed by atoms with Gasteiger partial charge in [-0.25, -0.2) is 9.78 Å². The fourth-order valence-corrected chi connectivity index (χ4v) is 1.63. The summed E-state index contributed by atoms with van der Waals surface area (Å²) in [5.41, 5.74) is 0.389. The van der Waals surface area contributed by atoms with Crippen LogP contribution in [0.5, 0.6) is 5.75 Å². The molecule has 102 valence electrons. The fraction of sp³-hybridized carbons (Fsp3) is 0.0714. The highest BCUT2D eigenvalue weighted by atomic mass is 16.5. The number of ether oxygens (including phenoxy) is 1. The number of para-hydroxylation sites is 1. The topological polar surface area (TPSA) is 88.5 Å². The molecule has 20 heavy (non-hydrogen) atoms. The number of aromatic nitrogens is 1. The predicted octanol–water partition coefficient (Wildman–Crippen LogP) is 1.83. The molecule has 0 saturated carbocycles. The predicted molar refractivity (Wildman–Crippen MR) is 71.6 cm³/mol. The Morgan fingerprint density at radius 2 is 1.95 bits per heavy atom. The molecule has 0 aliphatic carbocycles. The third kappa shape index (κ3) is 2.74. The number of rotatable bonds is 3. The van der Waals surface area contributed by atoms with Gasteiger partial charge in [-0.2, -0.15) is 0 Å². The summed E-state index contributed by atoms with van der Waals surface area (Å²) in [5.74, 6) is -1.41. The number of esters is 1. The fourth-order valence-electron chi connectivity index (χ4n) is 1.63. The normalized spacial score (nSPS) is 9.85. The van der Waals surface area contributed by atoms with Crippen molar-refractivity contribution < 1.29 is 19.4 Å². The van der Waals surface area contributed by atoms with Crippen molar-refractivity contribution in [1.29, 1.82) is 0 Å². The molecule has 0 atom stereocenters. The second kappa shape index (κ2) is 5.83. The van der Waals surface area contributed by atoms with Crippen LogP contribution < -0.4 is 5.32 Å². The maximum atomic E-state index is 12.0. The number of hydrogen-bond acceptors (Lipinski definition) is 5. The zero-order valence-electron chi connectivity index (χ0n) is 10.7. The van der Waals surface area contributed by atoms with E-state index in [0.29, 0.717) is 0 Å². The Bertz CT molecular complexity index is 655. The van der Waals surface area contributed by atoms with Gasteiger partial charge in [0, 0.05) is 6.20 Å². The van der Waals surface area contributed by atoms with E-state index in [1.807, 2.05) is 0 Å². The first kappa shape index (κ1) is 13.5. The van der Waals surface area contributed by atoms with E-state index in [9.17, 15) is 14.7 Å². The Kier molecular flexibility index (Phi) is 3.95. The third-order valence-corrected chi connectivity index (χ3v) is 2.58. The van der Waals surface area contributed by atoms with Gasteiger partial charge >= 0.3 is 5.97 Å². The van der Waals surface area contributed by atoms with E-state index in [2.05, 4.69) is 15.0 Å². The first-order valence-electron chi connectivity index (χ1n) is 5.76. The lowest BCUT2D eigenvalue weighted by molar-refractivity contribution is 0.0602. The van der Waals surface area contributed by atoms with Crippen LogP contribution in [0.15, 0.2) is 42.6 Å². The molecule has 1 aromatic carbocycles. The van der Waals surface area contributed by atoms with E-state index >= 15 is 0 Å². The van der Waals surface area contributed by atoms with Gasteiger partial charge in [-0.15, -0.1) is 0 Å². The molecular weight excluding hydrogens is 260 g/mol. The molecule has 0 unspecified atom stereocenters. The summed E-state index contributed by atoms with van der Waals surface area (Å²) in [6.45, 7) is 0. The second-order valence-corrected chi connectivity index (χ2v) is 3.86. The minimum absolute atomic E-state index is 0.118. The van der Waals surface area contributed by atoms with Gasteiger partial charge < -0.3 is 15.2 Å². The van der Waals surface area contributed by atoms with E-state index in [1.165, 1.54) is 31.5 Å². The SMILES string of the molecule is COC(=O)c1ccccc1NC(=O)c1ncccc1O. The first-order chi connectivity index (χ1) is 9.63. The summed E-state index contributed by atoms with van der Waals surface area (Å²) in [4.78, 5) is 27.4. The van der Waals surface area contributed by atoms with Gasteiger partial charge in [-0.05, 0) is 24.3 Å². The van der Waals surface area contributed by atoms with Crippen LogP contribution in [0.25, 0.3) is 0 Å². The van der Waals surface area contributed by atoms with Crippen LogP contribution in [0.3, 0.4) is 0 Å². The summed E-state index contributed by atoms with van der Waals surface area (Å²) in [6, 6.07) is 9.27. The van der Waals surface area contributed by atoms with Crippen LogP contribution >= 0.6 is 0 Å². The van der Waals surface area contributed by atoms with Crippen LogP contribution in [0.1, 0.15) is 20.8 Å². The van der Waals surface area contributed by atoms with Gasteiger partial charge in [0.25, 0.3) is 5.91 Å². The standard InChI is InChI=1S/C14H12N2O4/c1-20-14(19)9-5-2-3-6-10(9)16-13(18)12-11(17)7-4-8-15-12/h2-8,17H,1H3,(H,16,18). The van der Waals surface area contributed by atoms with Crippen LogP contribution in [0, 0.1) is 0 Å². The Morgan fingerprint density at radius 1 is 1.20 bits per heavy atom. The molecule has 0 aliphatic rings. The lowest BCUT2D eigenvalue weighted by Gasteiger charge is -2.09. The highest BCUT2D eigenvalue weighted by Gasteiger charge is 2.16. The molecule has 6 heteroatoms. The molecule has 6 nitrogen and oxygen atoms in total. The van der Waals surface area contributed by atoms with Gasteiger partial charge in [-0.1, -0.05) is 12.1 Å². The van der Waals surface area contributed by atoms with Gasteiger partial charge in [0.1, 0.15) is 5.75 Å². The number of nitrogens with zero attached hydrogens (tertiary/aromatic N) is 1. The Labute approximate surface area is 115 Å². The van der Waals surface area contributed by atoms with Crippen molar-refractivity contribution in [3.63, 3.8) is 0 Å². The molecule has 0 saturated heterocycles. The average Bonchev–Trinajstić information content (AvgIpc) is 2.47. The molecular formula is C14H12N2O4. The van der Waals surface area contributed by atoms with Crippen molar-refractivity contribution in [1.82, 2.24) is 4.98 Å². The summed E-state index contributed by atoms with van der Waals surface area (Å²) < 4.78 is 4.63. The number of benzene rings is 1. The van der Waals surface area contributed by atoms with Crippen molar-refractivity contribution in [2.45, 2.75) is 0 Å². The van der Waals surface area contributed by atoms with E-state index in [0.717, 1.165) is 0 Å². The molecule has 1 amide bonds. The number of carbonyl (C=O) groups is 2. The second-order valence-electron chi connectivity index (χ2n) is 3.86. The van der Waals surface area contributed by atoms with Crippen molar-refractivity contribution >= 4 is 17.6 Å². The molecule has 0 aliphatic heterocycles. The highest BCUT2D eigenvalue weighted by molar-refractivity contribution is 6.08. The number of carbonyl (C=O) groups excluding carboxylic acids is 2. The van der Waals surface area contributed by atoms with Crippen LogP contribution in [-0.4, -0.2) is 29.1 Å². The average molecular weight is 272 g/mol. The number of methoxy groups -OCH3 is 1. The molecule has 2 aromatic rings. The largest absolute Gasteiger partial charge is 0.505 e. The van der Waals surface area contributed by atoms with Crippen LogP contribution in [0.4, 0.5) is 5.69 Å². The molecule has 0 bridgehead atoms. The molecule has 2 rings (SSSR count). The Morgan fingerprint density at radius 3 is 2.65 bits per heavy atom. The Hall–Kier alpha value is -2.89. The van der Waals surface area contributed by atoms with Crippen molar-refractivity contribution in [2.24, 2.45) is 0 Å². The van der Waals surface area contributed by atoms with Crippen LogP contribution in [0.2, 0.25) is 0 Å². The van der Waals surface area contributed by atoms with E-state index < -0.39 is 11.9 Å². The van der Waals surface area contributed by atoms with Crippen molar-refractivity contribution in [3.8, 4) is 5.75 Å². The van der Waals surface area contributed by atoms with Crippen molar-refractivity contribution in [2.75, 3.05) is 12.4 Å². The molecule has 1 aromatic heterocycles. The van der Waals surface area contributed by atoms with Gasteiger partial charge in [0.2, 0.25) is 0 Å². The smallest absolute Gasteiger partial charge is 0.339 e. The van der Waals surface area contributed by atoms with E-state index in [4.69, 9.17) is 0 Å². The zero-order valence-corrected chi connectivity index (χ0v) is 10.7. The minimum Gasteiger partial charge on any atom is -0.505 e. The lowest BCUT2D eigenvalue weighted by atomic mass is 10.1.